The molecule has 3 heteroatoms. The van der Waals surface area contributed by atoms with Gasteiger partial charge in [0.25, 0.3) is 0 Å². The van der Waals surface area contributed by atoms with E-state index in [1.54, 1.807) is 0 Å². The summed E-state index contributed by atoms with van der Waals surface area (Å²) in [7, 11) is 1.97. The molecular formula is C12H22N2O. The Balaban J connectivity index is 1.81. The van der Waals surface area contributed by atoms with Crippen LogP contribution < -0.4 is 5.32 Å². The first-order valence-corrected chi connectivity index (χ1v) is 6.25. The zero-order chi connectivity index (χ0) is 10.7. The highest BCUT2D eigenvalue weighted by atomic mass is 16.2. The Bertz CT molecular complexity index is 226. The van der Waals surface area contributed by atoms with Crippen molar-refractivity contribution in [2.75, 3.05) is 20.1 Å². The average molecular weight is 210 g/mol. The quantitative estimate of drug-likeness (QED) is 0.760. The van der Waals surface area contributed by atoms with Crippen LogP contribution in [0.5, 0.6) is 0 Å². The van der Waals surface area contributed by atoms with Gasteiger partial charge in [-0.05, 0) is 38.6 Å². The van der Waals surface area contributed by atoms with Gasteiger partial charge in [-0.1, -0.05) is 6.42 Å². The fourth-order valence-electron chi connectivity index (χ4n) is 2.67. The van der Waals surface area contributed by atoms with Crippen LogP contribution in [0, 0.1) is 5.92 Å². The molecule has 1 amide bonds. The third-order valence-electron chi connectivity index (χ3n) is 3.83. The van der Waals surface area contributed by atoms with Crippen LogP contribution >= 0.6 is 0 Å². The molecule has 0 bridgehead atoms. The van der Waals surface area contributed by atoms with Gasteiger partial charge in [-0.2, -0.15) is 0 Å². The minimum absolute atomic E-state index is 0.400. The van der Waals surface area contributed by atoms with Crippen molar-refractivity contribution in [3.63, 3.8) is 0 Å². The molecule has 2 fully saturated rings. The minimum atomic E-state index is 0.400. The number of nitrogens with one attached hydrogen (secondary N) is 1. The van der Waals surface area contributed by atoms with Gasteiger partial charge in [0, 0.05) is 25.6 Å². The van der Waals surface area contributed by atoms with Crippen LogP contribution in [0.15, 0.2) is 0 Å². The number of likely N-dealkylation sites (N-methyl/N-ethyl adjacent to an activating group) is 1. The van der Waals surface area contributed by atoms with Crippen molar-refractivity contribution >= 4 is 5.91 Å². The van der Waals surface area contributed by atoms with E-state index in [1.165, 1.54) is 32.1 Å². The van der Waals surface area contributed by atoms with Crippen molar-refractivity contribution in [1.82, 2.24) is 10.2 Å². The largest absolute Gasteiger partial charge is 0.338 e. The number of hydrogen-bond donors (Lipinski definition) is 1. The first-order valence-electron chi connectivity index (χ1n) is 6.25. The second-order valence-electron chi connectivity index (χ2n) is 4.94. The molecule has 15 heavy (non-hydrogen) atoms. The average Bonchev–Trinajstić information content (AvgIpc) is 2.60. The molecule has 1 heterocycles. The number of amides is 1. The van der Waals surface area contributed by atoms with E-state index in [0.29, 0.717) is 17.9 Å². The van der Waals surface area contributed by atoms with Gasteiger partial charge in [0.15, 0.2) is 0 Å². The third-order valence-corrected chi connectivity index (χ3v) is 3.83. The Hall–Kier alpha value is -0.570. The van der Waals surface area contributed by atoms with Crippen molar-refractivity contribution in [3.05, 3.63) is 0 Å². The molecule has 86 valence electrons. The normalized spacial score (nSPS) is 26.7. The molecule has 1 N–H and O–H groups in total. The summed E-state index contributed by atoms with van der Waals surface area (Å²) in [5, 5.41) is 3.18. The highest BCUT2D eigenvalue weighted by Gasteiger charge is 2.30. The Kier molecular flexibility index (Phi) is 3.62. The zero-order valence-electron chi connectivity index (χ0n) is 9.67. The highest BCUT2D eigenvalue weighted by Crippen LogP contribution is 2.31. The first kappa shape index (κ1) is 10.9. The van der Waals surface area contributed by atoms with E-state index < -0.39 is 0 Å². The maximum atomic E-state index is 12.0. The van der Waals surface area contributed by atoms with Gasteiger partial charge in [-0.3, -0.25) is 4.79 Å². The number of likely N-dealkylation sites (tertiary alicyclic amines) is 1. The van der Waals surface area contributed by atoms with Gasteiger partial charge in [0.1, 0.15) is 0 Å². The second kappa shape index (κ2) is 4.97. The summed E-state index contributed by atoms with van der Waals surface area (Å²) in [5.74, 6) is 1.10. The lowest BCUT2D eigenvalue weighted by Crippen LogP contribution is -2.41. The highest BCUT2D eigenvalue weighted by molar-refractivity contribution is 5.77. The van der Waals surface area contributed by atoms with Crippen LogP contribution in [0.25, 0.3) is 0 Å². The molecule has 2 rings (SSSR count). The van der Waals surface area contributed by atoms with E-state index in [-0.39, 0.29) is 0 Å². The third kappa shape index (κ3) is 2.51. The van der Waals surface area contributed by atoms with Crippen molar-refractivity contribution in [1.29, 1.82) is 0 Å². The van der Waals surface area contributed by atoms with Gasteiger partial charge in [0.05, 0.1) is 0 Å². The SMILES string of the molecule is CNCC1CCCN1C(=O)CC1CCC1. The maximum Gasteiger partial charge on any atom is 0.223 e. The summed E-state index contributed by atoms with van der Waals surface area (Å²) in [6.45, 7) is 1.94. The molecule has 0 aromatic heterocycles. The molecule has 0 aromatic carbocycles. The van der Waals surface area contributed by atoms with E-state index in [0.717, 1.165) is 19.5 Å². The van der Waals surface area contributed by atoms with Gasteiger partial charge in [-0.25, -0.2) is 0 Å². The Morgan fingerprint density at radius 2 is 2.13 bits per heavy atom. The fourth-order valence-corrected chi connectivity index (χ4v) is 2.67. The standard InChI is InChI=1S/C12H22N2O/c1-13-9-11-6-3-7-14(11)12(15)8-10-4-2-5-10/h10-11,13H,2-9H2,1H3. The Labute approximate surface area is 92.2 Å². The van der Waals surface area contributed by atoms with Gasteiger partial charge in [0.2, 0.25) is 5.91 Å². The molecule has 2 aliphatic rings. The molecule has 1 saturated carbocycles. The van der Waals surface area contributed by atoms with E-state index in [1.807, 2.05) is 7.05 Å². The van der Waals surface area contributed by atoms with Crippen LogP contribution in [0.1, 0.15) is 38.5 Å². The Morgan fingerprint density at radius 1 is 1.33 bits per heavy atom. The minimum Gasteiger partial charge on any atom is -0.338 e. The monoisotopic (exact) mass is 210 g/mol. The first-order chi connectivity index (χ1) is 7.31. The van der Waals surface area contributed by atoms with E-state index in [4.69, 9.17) is 0 Å². The summed E-state index contributed by atoms with van der Waals surface area (Å²) < 4.78 is 0. The van der Waals surface area contributed by atoms with Gasteiger partial charge in [-0.15, -0.1) is 0 Å². The topological polar surface area (TPSA) is 32.3 Å². The van der Waals surface area contributed by atoms with Crippen LogP contribution in [0.4, 0.5) is 0 Å². The van der Waals surface area contributed by atoms with Crippen molar-refractivity contribution < 1.29 is 4.79 Å². The van der Waals surface area contributed by atoms with E-state index in [9.17, 15) is 4.79 Å². The number of carbonyl (C=O) groups excluding carboxylic acids is 1. The van der Waals surface area contributed by atoms with Crippen LogP contribution in [-0.2, 0) is 4.79 Å². The zero-order valence-corrected chi connectivity index (χ0v) is 9.67. The summed E-state index contributed by atoms with van der Waals surface area (Å²) in [6, 6.07) is 0.461. The van der Waals surface area contributed by atoms with Crippen LogP contribution in [0.3, 0.4) is 0 Å². The molecule has 1 aliphatic carbocycles. The molecular weight excluding hydrogens is 188 g/mol. The van der Waals surface area contributed by atoms with Gasteiger partial charge < -0.3 is 10.2 Å². The number of carbonyl (C=O) groups is 1. The molecule has 0 spiro atoms. The number of nitrogens with zero attached hydrogens (tertiary/aromatic N) is 1. The molecule has 1 unspecified atom stereocenters. The van der Waals surface area contributed by atoms with Crippen molar-refractivity contribution in [3.8, 4) is 0 Å². The number of hydrogen-bond acceptors (Lipinski definition) is 2. The summed E-state index contributed by atoms with van der Waals surface area (Å²) in [6.07, 6.45) is 7.05. The molecule has 0 aromatic rings. The summed E-state index contributed by atoms with van der Waals surface area (Å²) >= 11 is 0. The Morgan fingerprint density at radius 3 is 2.73 bits per heavy atom. The molecule has 1 saturated heterocycles. The lowest BCUT2D eigenvalue weighted by molar-refractivity contribution is -0.133. The maximum absolute atomic E-state index is 12.0. The van der Waals surface area contributed by atoms with E-state index in [2.05, 4.69) is 10.2 Å². The summed E-state index contributed by atoms with van der Waals surface area (Å²) in [4.78, 5) is 14.1. The van der Waals surface area contributed by atoms with Crippen LogP contribution in [-0.4, -0.2) is 37.0 Å². The smallest absolute Gasteiger partial charge is 0.223 e. The molecule has 0 radical (unpaired) electrons. The lowest BCUT2D eigenvalue weighted by atomic mass is 9.82. The molecule has 3 nitrogen and oxygen atoms in total. The van der Waals surface area contributed by atoms with Crippen molar-refractivity contribution in [2.45, 2.75) is 44.6 Å². The summed E-state index contributed by atoms with van der Waals surface area (Å²) in [5.41, 5.74) is 0. The predicted octanol–water partition coefficient (Wildman–Crippen LogP) is 1.39. The molecule has 1 aliphatic heterocycles. The van der Waals surface area contributed by atoms with E-state index >= 15 is 0 Å². The number of rotatable bonds is 4. The second-order valence-corrected chi connectivity index (χ2v) is 4.94. The van der Waals surface area contributed by atoms with Crippen molar-refractivity contribution in [2.24, 2.45) is 5.92 Å². The predicted molar refractivity (Wildman–Crippen MR) is 60.6 cm³/mol. The molecule has 1 atom stereocenters. The van der Waals surface area contributed by atoms with Gasteiger partial charge >= 0.3 is 0 Å². The lowest BCUT2D eigenvalue weighted by Gasteiger charge is -2.30. The fraction of sp³-hybridized carbons (Fsp3) is 0.917. The van der Waals surface area contributed by atoms with Crippen LogP contribution in [0.2, 0.25) is 0 Å².